The number of ether oxygens (including phenoxy) is 2. The first-order valence-corrected chi connectivity index (χ1v) is 6.29. The van der Waals surface area contributed by atoms with Crippen LogP contribution in [0, 0.1) is 11.8 Å². The van der Waals surface area contributed by atoms with Crippen molar-refractivity contribution < 1.29 is 24.2 Å². The lowest BCUT2D eigenvalue weighted by molar-refractivity contribution is -0.157. The number of carbonyl (C=O) groups excluding carboxylic acids is 1. The topological polar surface area (TPSA) is 72.8 Å². The van der Waals surface area contributed by atoms with Gasteiger partial charge in [0.1, 0.15) is 11.8 Å². The number of aliphatic carboxylic acids is 1. The third-order valence-electron chi connectivity index (χ3n) is 3.79. The average Bonchev–Trinajstić information content (AvgIpc) is 2.95. The van der Waals surface area contributed by atoms with Crippen LogP contribution in [0.25, 0.3) is 0 Å². The van der Waals surface area contributed by atoms with Gasteiger partial charge in [-0.3, -0.25) is 9.59 Å². The van der Waals surface area contributed by atoms with Crippen molar-refractivity contribution in [3.8, 4) is 0 Å². The fourth-order valence-corrected chi connectivity index (χ4v) is 3.06. The van der Waals surface area contributed by atoms with E-state index in [0.29, 0.717) is 0 Å². The van der Waals surface area contributed by atoms with Gasteiger partial charge >= 0.3 is 11.9 Å². The maximum absolute atomic E-state index is 12.0. The second kappa shape index (κ2) is 4.35. The summed E-state index contributed by atoms with van der Waals surface area (Å²) in [6, 6.07) is 7.45. The van der Waals surface area contributed by atoms with E-state index in [-0.39, 0.29) is 6.61 Å². The Morgan fingerprint density at radius 2 is 1.79 bits per heavy atom. The molecular formula is C14H14O5. The van der Waals surface area contributed by atoms with Gasteiger partial charge in [-0.2, -0.15) is 0 Å². The molecule has 1 N–H and O–H groups in total. The maximum atomic E-state index is 12.0. The fourth-order valence-electron chi connectivity index (χ4n) is 3.06. The summed E-state index contributed by atoms with van der Waals surface area (Å²) in [6.45, 7) is 1.94. The third kappa shape index (κ3) is 1.65. The Labute approximate surface area is 110 Å². The number of rotatable bonds is 3. The van der Waals surface area contributed by atoms with Crippen molar-refractivity contribution >= 4 is 11.9 Å². The van der Waals surface area contributed by atoms with Gasteiger partial charge in [0.25, 0.3) is 0 Å². The monoisotopic (exact) mass is 262 g/mol. The van der Waals surface area contributed by atoms with Crippen molar-refractivity contribution in [1.29, 1.82) is 0 Å². The van der Waals surface area contributed by atoms with E-state index in [9.17, 15) is 14.7 Å². The van der Waals surface area contributed by atoms with Gasteiger partial charge in [-0.25, -0.2) is 0 Å². The number of carbonyl (C=O) groups is 2. The van der Waals surface area contributed by atoms with E-state index in [1.165, 1.54) is 0 Å². The molecule has 2 unspecified atom stereocenters. The highest BCUT2D eigenvalue weighted by atomic mass is 16.5. The summed E-state index contributed by atoms with van der Waals surface area (Å²) in [5.74, 6) is -3.12. The Hall–Kier alpha value is -1.88. The minimum atomic E-state index is -1.01. The predicted octanol–water partition coefficient (Wildman–Crippen LogP) is 1.69. The smallest absolute Gasteiger partial charge is 0.312 e. The molecule has 2 aliphatic heterocycles. The van der Waals surface area contributed by atoms with E-state index in [0.717, 1.165) is 11.1 Å². The zero-order valence-electron chi connectivity index (χ0n) is 10.4. The molecule has 0 spiro atoms. The number of fused-ring (bicyclic) bond motifs is 5. The van der Waals surface area contributed by atoms with E-state index >= 15 is 0 Å². The molecule has 1 fully saturated rings. The lowest BCUT2D eigenvalue weighted by atomic mass is 9.76. The Bertz CT molecular complexity index is 538. The van der Waals surface area contributed by atoms with Crippen molar-refractivity contribution in [2.45, 2.75) is 19.1 Å². The molecule has 1 saturated heterocycles. The van der Waals surface area contributed by atoms with Crippen LogP contribution < -0.4 is 0 Å². The summed E-state index contributed by atoms with van der Waals surface area (Å²) < 4.78 is 10.7. The zero-order chi connectivity index (χ0) is 13.6. The number of carboxylic acids is 1. The molecule has 0 saturated carbocycles. The first kappa shape index (κ1) is 12.2. The van der Waals surface area contributed by atoms with Crippen LogP contribution in [-0.4, -0.2) is 23.7 Å². The summed E-state index contributed by atoms with van der Waals surface area (Å²) in [5.41, 5.74) is 1.78. The second-order valence-corrected chi connectivity index (χ2v) is 4.75. The van der Waals surface area contributed by atoms with Crippen molar-refractivity contribution in [3.05, 3.63) is 35.4 Å². The molecule has 5 heteroatoms. The normalized spacial score (nSPS) is 31.0. The highest BCUT2D eigenvalue weighted by Crippen LogP contribution is 2.57. The highest BCUT2D eigenvalue weighted by molar-refractivity contribution is 5.84. The van der Waals surface area contributed by atoms with E-state index in [1.54, 1.807) is 6.92 Å². The van der Waals surface area contributed by atoms with Crippen LogP contribution in [0.1, 0.15) is 30.3 Å². The van der Waals surface area contributed by atoms with E-state index in [2.05, 4.69) is 0 Å². The fraction of sp³-hybridized carbons (Fsp3) is 0.429. The molecular weight excluding hydrogens is 248 g/mol. The molecule has 4 atom stereocenters. The van der Waals surface area contributed by atoms with Crippen molar-refractivity contribution in [2.24, 2.45) is 11.8 Å². The van der Waals surface area contributed by atoms with Crippen LogP contribution in [0.15, 0.2) is 24.3 Å². The van der Waals surface area contributed by atoms with Crippen LogP contribution in [-0.2, 0) is 19.1 Å². The van der Waals surface area contributed by atoms with Crippen LogP contribution in [0.5, 0.6) is 0 Å². The van der Waals surface area contributed by atoms with Crippen LogP contribution in [0.3, 0.4) is 0 Å². The summed E-state index contributed by atoms with van der Waals surface area (Å²) in [6.07, 6.45) is -1.05. The first-order chi connectivity index (χ1) is 9.15. The van der Waals surface area contributed by atoms with Crippen LogP contribution in [0.2, 0.25) is 0 Å². The average molecular weight is 262 g/mol. The van der Waals surface area contributed by atoms with Gasteiger partial charge in [-0.15, -0.1) is 0 Å². The number of esters is 1. The second-order valence-electron chi connectivity index (χ2n) is 4.75. The Morgan fingerprint density at radius 1 is 1.21 bits per heavy atom. The first-order valence-electron chi connectivity index (χ1n) is 6.29. The molecule has 3 rings (SSSR count). The van der Waals surface area contributed by atoms with Crippen LogP contribution in [0.4, 0.5) is 0 Å². The molecule has 5 nitrogen and oxygen atoms in total. The summed E-state index contributed by atoms with van der Waals surface area (Å²) in [4.78, 5) is 23.4. The van der Waals surface area contributed by atoms with Gasteiger partial charge in [-0.1, -0.05) is 24.3 Å². The summed E-state index contributed by atoms with van der Waals surface area (Å²) in [7, 11) is 0. The molecule has 0 aliphatic carbocycles. The SMILES string of the molecule is CCOC(=O)C1C(C(=O)O)[C@@H]2O[C@@H]1c1ccccc12. The van der Waals surface area contributed by atoms with Gasteiger partial charge in [0.05, 0.1) is 18.8 Å². The van der Waals surface area contributed by atoms with Gasteiger partial charge in [0.15, 0.2) is 0 Å². The predicted molar refractivity (Wildman–Crippen MR) is 64.3 cm³/mol. The number of hydrogen-bond donors (Lipinski definition) is 1. The number of benzene rings is 1. The minimum absolute atomic E-state index is 0.237. The molecule has 2 aliphatic rings. The molecule has 1 aromatic carbocycles. The quantitative estimate of drug-likeness (QED) is 0.839. The Balaban J connectivity index is 2.02. The number of carboxylic acid groups (broad SMARTS) is 1. The summed E-state index contributed by atoms with van der Waals surface area (Å²) in [5, 5.41) is 9.36. The Morgan fingerprint density at radius 3 is 2.32 bits per heavy atom. The largest absolute Gasteiger partial charge is 0.481 e. The standard InChI is InChI=1S/C14H14O5/c1-2-18-14(17)10-9(13(15)16)11-7-5-3-4-6-8(7)12(10)19-11/h3-6,9-12H,2H2,1H3,(H,15,16)/t9?,10?,11-,12-/m1/s1. The Kier molecular flexibility index (Phi) is 2.78. The summed E-state index contributed by atoms with van der Waals surface area (Å²) >= 11 is 0. The van der Waals surface area contributed by atoms with Crippen molar-refractivity contribution in [1.82, 2.24) is 0 Å². The molecule has 0 amide bonds. The lowest BCUT2D eigenvalue weighted by Gasteiger charge is -2.25. The highest BCUT2D eigenvalue weighted by Gasteiger charge is 2.58. The van der Waals surface area contributed by atoms with E-state index in [4.69, 9.17) is 9.47 Å². The van der Waals surface area contributed by atoms with Crippen molar-refractivity contribution in [3.63, 3.8) is 0 Å². The molecule has 2 bridgehead atoms. The van der Waals surface area contributed by atoms with Gasteiger partial charge in [0, 0.05) is 0 Å². The number of hydrogen-bond acceptors (Lipinski definition) is 4. The van der Waals surface area contributed by atoms with E-state index < -0.39 is 36.0 Å². The van der Waals surface area contributed by atoms with Gasteiger partial charge < -0.3 is 14.6 Å². The maximum Gasteiger partial charge on any atom is 0.312 e. The van der Waals surface area contributed by atoms with Crippen molar-refractivity contribution in [2.75, 3.05) is 6.61 Å². The van der Waals surface area contributed by atoms with Gasteiger partial charge in [0.2, 0.25) is 0 Å². The molecule has 0 aromatic heterocycles. The zero-order valence-corrected chi connectivity index (χ0v) is 10.4. The third-order valence-corrected chi connectivity index (χ3v) is 3.79. The van der Waals surface area contributed by atoms with Gasteiger partial charge in [-0.05, 0) is 18.1 Å². The van der Waals surface area contributed by atoms with Crippen LogP contribution >= 0.6 is 0 Å². The van der Waals surface area contributed by atoms with E-state index in [1.807, 2.05) is 24.3 Å². The molecule has 0 radical (unpaired) electrons. The molecule has 19 heavy (non-hydrogen) atoms. The molecule has 2 heterocycles. The lowest BCUT2D eigenvalue weighted by Crippen LogP contribution is -2.35. The molecule has 100 valence electrons. The molecule has 1 aromatic rings. The minimum Gasteiger partial charge on any atom is -0.481 e.